The molecule has 3 heteroatoms. The Kier molecular flexibility index (Phi) is 5.93. The molecule has 0 atom stereocenters. The number of hydrogen-bond acceptors (Lipinski definition) is 2. The van der Waals surface area contributed by atoms with E-state index in [1.807, 2.05) is 20.8 Å². The molecule has 0 saturated heterocycles. The largest absolute Gasteiger partial charge is 1.00 e. The zero-order valence-corrected chi connectivity index (χ0v) is 7.39. The monoisotopic (exact) mass is 136 g/mol. The first kappa shape index (κ1) is 12.6. The van der Waals surface area contributed by atoms with Crippen LogP contribution in [0.4, 0.5) is 0 Å². The van der Waals surface area contributed by atoms with Gasteiger partial charge in [0.15, 0.2) is 5.97 Å². The van der Waals surface area contributed by atoms with E-state index in [1.54, 1.807) is 6.92 Å². The summed E-state index contributed by atoms with van der Waals surface area (Å²) in [6, 6.07) is 0. The van der Waals surface area contributed by atoms with Crippen LogP contribution in [0.5, 0.6) is 0 Å². The van der Waals surface area contributed by atoms with E-state index in [9.17, 15) is 4.79 Å². The maximum absolute atomic E-state index is 10.5. The molecule has 0 fully saturated rings. The summed E-state index contributed by atoms with van der Waals surface area (Å²) in [5.74, 6) is -0.262. The van der Waals surface area contributed by atoms with Gasteiger partial charge in [-0.25, -0.2) is 0 Å². The standard InChI is InChI=1S/C7H13O2.Li/c1-5-6(8)9-7(2,3)4;/h5H,1-4H3;/q-1;+1. The van der Waals surface area contributed by atoms with Crippen molar-refractivity contribution in [3.05, 3.63) is 6.42 Å². The molecule has 10 heavy (non-hydrogen) atoms. The number of carbonyl (C=O) groups excluding carboxylic acids is 1. The maximum Gasteiger partial charge on any atom is 1.00 e. The van der Waals surface area contributed by atoms with Gasteiger partial charge in [-0.15, -0.1) is 0 Å². The Labute approximate surface area is 74.5 Å². The number of rotatable bonds is 1. The quantitative estimate of drug-likeness (QED) is 0.250. The minimum absolute atomic E-state index is 0. The Morgan fingerprint density at radius 2 is 1.80 bits per heavy atom. The second kappa shape index (κ2) is 4.71. The van der Waals surface area contributed by atoms with E-state index in [2.05, 4.69) is 0 Å². The fourth-order valence-corrected chi connectivity index (χ4v) is 0.361. The van der Waals surface area contributed by atoms with Crippen LogP contribution in [0, 0.1) is 6.42 Å². The first-order chi connectivity index (χ1) is 3.95. The van der Waals surface area contributed by atoms with Crippen molar-refractivity contribution in [1.82, 2.24) is 0 Å². The molecule has 0 rings (SSSR count). The van der Waals surface area contributed by atoms with E-state index in [4.69, 9.17) is 4.74 Å². The van der Waals surface area contributed by atoms with Gasteiger partial charge in [0.05, 0.1) is 0 Å². The number of esters is 1. The molecule has 0 heterocycles. The predicted molar refractivity (Wildman–Crippen MR) is 35.8 cm³/mol. The summed E-state index contributed by atoms with van der Waals surface area (Å²) in [5.41, 5.74) is -0.358. The third kappa shape index (κ3) is 7.94. The maximum atomic E-state index is 10.5. The molecule has 0 aliphatic carbocycles. The van der Waals surface area contributed by atoms with Gasteiger partial charge in [-0.3, -0.25) is 11.2 Å². The predicted octanol–water partition coefficient (Wildman–Crippen LogP) is -1.44. The Bertz CT molecular complexity index is 105. The molecule has 0 spiro atoms. The summed E-state index contributed by atoms with van der Waals surface area (Å²) in [4.78, 5) is 10.5. The number of hydrogen-bond donors (Lipinski definition) is 0. The Hall–Kier alpha value is -0.0626. The number of ether oxygens (including phenoxy) is 1. The van der Waals surface area contributed by atoms with Gasteiger partial charge >= 0.3 is 18.9 Å². The SMILES string of the molecule is C[CH-]C(=O)OC(C)(C)C.[Li+]. The van der Waals surface area contributed by atoms with Crippen LogP contribution in [0.15, 0.2) is 0 Å². The molecule has 0 aromatic heterocycles. The summed E-state index contributed by atoms with van der Waals surface area (Å²) >= 11 is 0. The third-order valence-corrected chi connectivity index (χ3v) is 0.642. The van der Waals surface area contributed by atoms with E-state index in [1.165, 1.54) is 6.42 Å². The summed E-state index contributed by atoms with van der Waals surface area (Å²) < 4.78 is 4.89. The van der Waals surface area contributed by atoms with E-state index in [-0.39, 0.29) is 30.4 Å². The van der Waals surface area contributed by atoms with Crippen LogP contribution in [0.2, 0.25) is 0 Å². The van der Waals surface area contributed by atoms with Crippen molar-refractivity contribution in [3.8, 4) is 0 Å². The fourth-order valence-electron chi connectivity index (χ4n) is 0.361. The fraction of sp³-hybridized carbons (Fsp3) is 0.714. The molecule has 0 amide bonds. The third-order valence-electron chi connectivity index (χ3n) is 0.642. The van der Waals surface area contributed by atoms with Crippen molar-refractivity contribution >= 4 is 5.97 Å². The molecule has 0 saturated carbocycles. The average molecular weight is 136 g/mol. The van der Waals surface area contributed by atoms with Crippen LogP contribution < -0.4 is 18.9 Å². The minimum atomic E-state index is -0.358. The van der Waals surface area contributed by atoms with Crippen LogP contribution in [-0.4, -0.2) is 11.6 Å². The molecule has 0 radical (unpaired) electrons. The summed E-state index contributed by atoms with van der Waals surface area (Å²) in [7, 11) is 0. The van der Waals surface area contributed by atoms with Crippen molar-refractivity contribution in [2.24, 2.45) is 0 Å². The first-order valence-corrected chi connectivity index (χ1v) is 2.98. The zero-order valence-electron chi connectivity index (χ0n) is 7.39. The molecule has 2 nitrogen and oxygen atoms in total. The second-order valence-electron chi connectivity index (χ2n) is 2.82. The summed E-state index contributed by atoms with van der Waals surface area (Å²) in [6.45, 7) is 7.19. The van der Waals surface area contributed by atoms with Crippen molar-refractivity contribution in [2.45, 2.75) is 33.3 Å². The first-order valence-electron chi connectivity index (χ1n) is 2.98. The van der Waals surface area contributed by atoms with Crippen LogP contribution in [0.25, 0.3) is 0 Å². The van der Waals surface area contributed by atoms with Crippen LogP contribution in [-0.2, 0) is 9.53 Å². The second-order valence-corrected chi connectivity index (χ2v) is 2.82. The normalized spacial score (nSPS) is 9.60. The molecule has 0 bridgehead atoms. The van der Waals surface area contributed by atoms with Gasteiger partial charge in [0, 0.05) is 0 Å². The average Bonchev–Trinajstić information content (AvgIpc) is 1.62. The van der Waals surface area contributed by atoms with Crippen LogP contribution in [0.3, 0.4) is 0 Å². The Morgan fingerprint density at radius 3 is 1.90 bits per heavy atom. The smallest absolute Gasteiger partial charge is 0.483 e. The van der Waals surface area contributed by atoms with Crippen LogP contribution >= 0.6 is 0 Å². The van der Waals surface area contributed by atoms with Gasteiger partial charge in [0.25, 0.3) is 0 Å². The van der Waals surface area contributed by atoms with E-state index in [0.717, 1.165) is 0 Å². The topological polar surface area (TPSA) is 26.3 Å². The van der Waals surface area contributed by atoms with Gasteiger partial charge in [-0.05, 0) is 20.8 Å². The van der Waals surface area contributed by atoms with E-state index >= 15 is 0 Å². The Morgan fingerprint density at radius 1 is 1.40 bits per heavy atom. The van der Waals surface area contributed by atoms with Crippen molar-refractivity contribution in [2.75, 3.05) is 0 Å². The zero-order chi connectivity index (χ0) is 7.49. The van der Waals surface area contributed by atoms with E-state index in [0.29, 0.717) is 0 Å². The van der Waals surface area contributed by atoms with Gasteiger partial charge in [0.1, 0.15) is 5.60 Å². The van der Waals surface area contributed by atoms with Gasteiger partial charge < -0.3 is 4.74 Å². The molecular formula is C7H13LiO2. The van der Waals surface area contributed by atoms with Crippen molar-refractivity contribution < 1.29 is 28.4 Å². The van der Waals surface area contributed by atoms with Crippen LogP contribution in [0.1, 0.15) is 27.7 Å². The molecule has 54 valence electrons. The molecule has 0 aliphatic heterocycles. The molecule has 0 N–H and O–H groups in total. The molecule has 0 aromatic carbocycles. The van der Waals surface area contributed by atoms with Crippen molar-refractivity contribution in [1.29, 1.82) is 0 Å². The van der Waals surface area contributed by atoms with Gasteiger partial charge in [-0.1, -0.05) is 0 Å². The van der Waals surface area contributed by atoms with Crippen molar-refractivity contribution in [3.63, 3.8) is 0 Å². The summed E-state index contributed by atoms with van der Waals surface area (Å²) in [5, 5.41) is 0. The minimum Gasteiger partial charge on any atom is -0.483 e. The Balaban J connectivity index is 0. The molecule has 0 aliphatic rings. The summed E-state index contributed by atoms with van der Waals surface area (Å²) in [6.07, 6.45) is 1.41. The molecular weight excluding hydrogens is 123 g/mol. The van der Waals surface area contributed by atoms with Gasteiger partial charge in [-0.2, -0.15) is 6.92 Å². The molecule has 0 aromatic rings. The van der Waals surface area contributed by atoms with E-state index < -0.39 is 0 Å². The van der Waals surface area contributed by atoms with Gasteiger partial charge in [0.2, 0.25) is 0 Å². The molecule has 0 unspecified atom stereocenters. The number of carbonyl (C=O) groups is 1.